The number of nitrogens with one attached hydrogen (secondary N) is 1. The molecule has 0 radical (unpaired) electrons. The largest absolute Gasteiger partial charge is 0.505 e. The molecule has 1 amide bonds. The highest BCUT2D eigenvalue weighted by Gasteiger charge is 2.11. The number of carbonyl (C=O) groups is 1. The first kappa shape index (κ1) is 40.5. The third-order valence-electron chi connectivity index (χ3n) is 7.34. The Hall–Kier alpha value is -7.31. The maximum atomic E-state index is 12.6. The van der Waals surface area contributed by atoms with Crippen LogP contribution in [0.5, 0.6) is 5.75 Å². The van der Waals surface area contributed by atoms with Crippen LogP contribution >= 0.6 is 0 Å². The van der Waals surface area contributed by atoms with E-state index < -0.39 is 21.2 Å². The second-order valence-corrected chi connectivity index (χ2v) is 12.0. The van der Waals surface area contributed by atoms with Gasteiger partial charge in [-0.25, -0.2) is 0 Å². The van der Waals surface area contributed by atoms with Gasteiger partial charge in [0.05, 0.1) is 28.4 Å². The SMILES string of the molecule is Cc1cc(N=Nc2ccc3cc(NC(=O)c4ccc(N)cc4)ccc3c2O)c(C)cc1N=Nc1ccc(N=Nc2ccccc2)cc1.O=S(=O)=O.O=S(=O)=O. The Labute approximate surface area is 317 Å². The molecule has 0 aliphatic rings. The highest BCUT2D eigenvalue weighted by Crippen LogP contribution is 2.38. The van der Waals surface area contributed by atoms with Crippen LogP contribution in [-0.2, 0) is 21.2 Å². The summed E-state index contributed by atoms with van der Waals surface area (Å²) in [5.74, 6) is -0.260. The average molecular weight is 779 g/mol. The van der Waals surface area contributed by atoms with Crippen molar-refractivity contribution >= 4 is 83.4 Å². The zero-order valence-electron chi connectivity index (χ0n) is 28.9. The summed E-state index contributed by atoms with van der Waals surface area (Å²) in [6, 6.07) is 36.1. The standard InChI is InChI=1S/C37H30N8O2.2O3S/c1-23-21-35(24(2)20-34(23)44-42-30-15-13-29(14-16-30)41-40-28-6-4-3-5-7-28)45-43-33-19-10-26-22-31(17-18-32(26)36(33)46)39-37(47)25-8-11-27(38)12-9-25;2*1-4(2)3/h3-22,46H,38H2,1-2H3,(H,39,47);;. The van der Waals surface area contributed by atoms with Crippen LogP contribution in [0.3, 0.4) is 0 Å². The monoisotopic (exact) mass is 778 g/mol. The van der Waals surface area contributed by atoms with Crippen LogP contribution < -0.4 is 11.1 Å². The van der Waals surface area contributed by atoms with Gasteiger partial charge < -0.3 is 16.2 Å². The zero-order chi connectivity index (χ0) is 39.9. The molecule has 4 N–H and O–H groups in total. The molecule has 16 nitrogen and oxygen atoms in total. The van der Waals surface area contributed by atoms with Gasteiger partial charge in [0.15, 0.2) is 5.75 Å². The minimum absolute atomic E-state index is 0.00462. The molecule has 0 atom stereocenters. The number of benzene rings is 6. The summed E-state index contributed by atoms with van der Waals surface area (Å²) in [4.78, 5) is 12.6. The molecule has 0 unspecified atom stereocenters. The van der Waals surface area contributed by atoms with E-state index in [2.05, 4.69) is 36.0 Å². The summed E-state index contributed by atoms with van der Waals surface area (Å²) in [6.07, 6.45) is 0. The quantitative estimate of drug-likeness (QED) is 0.0981. The van der Waals surface area contributed by atoms with E-state index in [1.165, 1.54) is 0 Å². The minimum Gasteiger partial charge on any atom is -0.505 e. The van der Waals surface area contributed by atoms with Crippen molar-refractivity contribution in [2.45, 2.75) is 13.8 Å². The summed E-state index contributed by atoms with van der Waals surface area (Å²) in [5, 5.41) is 41.2. The second kappa shape index (κ2) is 19.5. The van der Waals surface area contributed by atoms with Crippen molar-refractivity contribution in [2.24, 2.45) is 30.7 Å². The summed E-state index contributed by atoms with van der Waals surface area (Å²) >= 11 is 0. The van der Waals surface area contributed by atoms with Crippen molar-refractivity contribution < 1.29 is 35.2 Å². The van der Waals surface area contributed by atoms with E-state index in [9.17, 15) is 9.90 Å². The predicted molar refractivity (Wildman–Crippen MR) is 205 cm³/mol. The van der Waals surface area contributed by atoms with E-state index in [1.807, 2.05) is 86.6 Å². The fraction of sp³-hybridized carbons (Fsp3) is 0.0541. The summed E-state index contributed by atoms with van der Waals surface area (Å²) in [5.41, 5.74) is 13.0. The fourth-order valence-corrected chi connectivity index (χ4v) is 4.71. The van der Waals surface area contributed by atoms with Gasteiger partial charge in [0.1, 0.15) is 5.69 Å². The first-order valence-electron chi connectivity index (χ1n) is 15.8. The van der Waals surface area contributed by atoms with Gasteiger partial charge in [0.25, 0.3) is 5.91 Å². The highest BCUT2D eigenvalue weighted by atomic mass is 32.2. The van der Waals surface area contributed by atoms with Gasteiger partial charge in [0, 0.05) is 22.3 Å². The number of phenolic OH excluding ortho intramolecular Hbond substituents is 1. The number of anilines is 2. The number of hydrogen-bond donors (Lipinski definition) is 3. The lowest BCUT2D eigenvalue weighted by atomic mass is 10.1. The normalized spacial score (nSPS) is 10.8. The number of aromatic hydroxyl groups is 1. The van der Waals surface area contributed by atoms with Crippen molar-refractivity contribution in [2.75, 3.05) is 11.1 Å². The van der Waals surface area contributed by atoms with E-state index in [4.69, 9.17) is 31.0 Å². The third kappa shape index (κ3) is 12.7. The van der Waals surface area contributed by atoms with Crippen molar-refractivity contribution in [3.8, 4) is 5.75 Å². The Balaban J connectivity index is 0.000000768. The molecule has 18 heteroatoms. The van der Waals surface area contributed by atoms with E-state index in [0.717, 1.165) is 27.9 Å². The van der Waals surface area contributed by atoms with E-state index >= 15 is 0 Å². The number of nitrogens with zero attached hydrogens (tertiary/aromatic N) is 6. The molecule has 0 aromatic heterocycles. The summed E-state index contributed by atoms with van der Waals surface area (Å²) < 4.78 is 50.7. The lowest BCUT2D eigenvalue weighted by molar-refractivity contribution is 0.102. The smallest absolute Gasteiger partial charge is 0.425 e. The van der Waals surface area contributed by atoms with Gasteiger partial charge in [-0.3, -0.25) is 4.79 Å². The lowest BCUT2D eigenvalue weighted by Crippen LogP contribution is -2.11. The molecule has 278 valence electrons. The summed E-state index contributed by atoms with van der Waals surface area (Å²) in [7, 11) is -6.22. The number of hydrogen-bond acceptors (Lipinski definition) is 15. The molecule has 6 rings (SSSR count). The number of rotatable bonds is 8. The van der Waals surface area contributed by atoms with Crippen molar-refractivity contribution in [3.63, 3.8) is 0 Å². The Bertz CT molecular complexity index is 2600. The van der Waals surface area contributed by atoms with Crippen LogP contribution in [0.4, 0.5) is 45.5 Å². The Morgan fingerprint density at radius 2 is 1.04 bits per heavy atom. The number of fused-ring (bicyclic) bond motifs is 1. The van der Waals surface area contributed by atoms with Gasteiger partial charge in [-0.05, 0) is 127 Å². The molecule has 0 bridgehead atoms. The lowest BCUT2D eigenvalue weighted by Gasteiger charge is -2.09. The van der Waals surface area contributed by atoms with Gasteiger partial charge in [0.2, 0.25) is 0 Å². The zero-order valence-corrected chi connectivity index (χ0v) is 30.6. The van der Waals surface area contributed by atoms with Gasteiger partial charge in [-0.1, -0.05) is 24.3 Å². The van der Waals surface area contributed by atoms with Crippen LogP contribution in [0.25, 0.3) is 10.8 Å². The van der Waals surface area contributed by atoms with Gasteiger partial charge in [-0.2, -0.15) is 25.6 Å². The third-order valence-corrected chi connectivity index (χ3v) is 7.34. The molecular weight excluding hydrogens is 749 g/mol. The highest BCUT2D eigenvalue weighted by molar-refractivity contribution is 7.59. The van der Waals surface area contributed by atoms with Gasteiger partial charge >= 0.3 is 21.2 Å². The molecule has 0 heterocycles. The van der Waals surface area contributed by atoms with Crippen molar-refractivity contribution in [3.05, 3.63) is 138 Å². The molecule has 0 aliphatic heterocycles. The second-order valence-electron chi connectivity index (χ2n) is 11.2. The van der Waals surface area contributed by atoms with E-state index in [-0.39, 0.29) is 11.7 Å². The van der Waals surface area contributed by atoms with Crippen molar-refractivity contribution in [1.29, 1.82) is 0 Å². The van der Waals surface area contributed by atoms with Crippen LogP contribution in [0, 0.1) is 13.8 Å². The van der Waals surface area contributed by atoms with Gasteiger partial charge in [-0.15, -0.1) is 30.4 Å². The van der Waals surface area contributed by atoms with Crippen LogP contribution in [-0.4, -0.2) is 36.3 Å². The Morgan fingerprint density at radius 1 is 0.564 bits per heavy atom. The summed E-state index contributed by atoms with van der Waals surface area (Å²) in [6.45, 7) is 3.84. The van der Waals surface area contributed by atoms with Crippen LogP contribution in [0.15, 0.2) is 152 Å². The molecule has 6 aromatic carbocycles. The average Bonchev–Trinajstić information content (AvgIpc) is 3.15. The van der Waals surface area contributed by atoms with Crippen molar-refractivity contribution in [1.82, 2.24) is 0 Å². The number of nitrogens with two attached hydrogens (primary N) is 1. The van der Waals surface area contributed by atoms with Crippen LogP contribution in [0.2, 0.25) is 0 Å². The maximum absolute atomic E-state index is 12.6. The maximum Gasteiger partial charge on any atom is 0.425 e. The number of phenols is 1. The molecule has 6 aromatic rings. The molecule has 0 aliphatic carbocycles. The Morgan fingerprint density at radius 3 is 1.58 bits per heavy atom. The first-order valence-corrected chi connectivity index (χ1v) is 17.8. The fourth-order valence-electron chi connectivity index (χ4n) is 4.71. The number of aryl methyl sites for hydroxylation is 2. The number of carbonyl (C=O) groups excluding carboxylic acids is 1. The molecule has 0 saturated carbocycles. The molecule has 0 fully saturated rings. The molecule has 0 spiro atoms. The van der Waals surface area contributed by atoms with E-state index in [1.54, 1.807) is 48.5 Å². The Kier molecular flexibility index (Phi) is 14.3. The number of nitrogen functional groups attached to an aromatic ring is 1. The number of amides is 1. The van der Waals surface area contributed by atoms with Crippen LogP contribution in [0.1, 0.15) is 21.5 Å². The predicted octanol–water partition coefficient (Wildman–Crippen LogP) is 9.23. The van der Waals surface area contributed by atoms with E-state index in [0.29, 0.717) is 45.1 Å². The topological polar surface area (TPSA) is 252 Å². The first-order chi connectivity index (χ1) is 26.3. The molecule has 0 saturated heterocycles. The number of azo groups is 3. The minimum atomic E-state index is -3.11. The molecular formula is C37H30N8O8S2. The molecule has 55 heavy (non-hydrogen) atoms.